The van der Waals surface area contributed by atoms with Gasteiger partial charge in [0.25, 0.3) is 0 Å². The van der Waals surface area contributed by atoms with Crippen LogP contribution in [0.15, 0.2) is 24.3 Å². The van der Waals surface area contributed by atoms with Gasteiger partial charge in [-0.25, -0.2) is 0 Å². The molecule has 0 aromatic heterocycles. The maximum absolute atomic E-state index is 5.91. The molecule has 88 valence electrons. The molecule has 0 aliphatic carbocycles. The van der Waals surface area contributed by atoms with Crippen LogP contribution in [0.5, 0.6) is 0 Å². The Morgan fingerprint density at radius 3 is 2.75 bits per heavy atom. The van der Waals surface area contributed by atoms with E-state index < -0.39 is 0 Å². The summed E-state index contributed by atoms with van der Waals surface area (Å²) in [7, 11) is 0. The van der Waals surface area contributed by atoms with E-state index in [4.69, 9.17) is 11.6 Å². The lowest BCUT2D eigenvalue weighted by atomic mass is 9.99. The van der Waals surface area contributed by atoms with Crippen LogP contribution in [-0.4, -0.2) is 24.5 Å². The molecular formula is C14H20ClN. The van der Waals surface area contributed by atoms with Crippen LogP contribution < -0.4 is 0 Å². The average molecular weight is 238 g/mol. The molecule has 2 heteroatoms. The number of hydrogen-bond acceptors (Lipinski definition) is 1. The van der Waals surface area contributed by atoms with Crippen molar-refractivity contribution in [2.24, 2.45) is 0 Å². The minimum Gasteiger partial charge on any atom is -0.303 e. The Balaban J connectivity index is 1.90. The van der Waals surface area contributed by atoms with E-state index in [1.54, 1.807) is 0 Å². The van der Waals surface area contributed by atoms with Crippen molar-refractivity contribution >= 4 is 11.6 Å². The van der Waals surface area contributed by atoms with Gasteiger partial charge in [0.1, 0.15) is 0 Å². The SMILES string of the molecule is CCCCN1CCC(c2ccc(Cl)cc2)C1. The van der Waals surface area contributed by atoms with Crippen molar-refractivity contribution < 1.29 is 0 Å². The third-order valence-electron chi connectivity index (χ3n) is 3.44. The molecule has 1 aromatic carbocycles. The topological polar surface area (TPSA) is 3.24 Å². The number of unbranched alkanes of at least 4 members (excludes halogenated alkanes) is 1. The zero-order chi connectivity index (χ0) is 11.4. The molecule has 1 aromatic rings. The van der Waals surface area contributed by atoms with Crippen molar-refractivity contribution in [3.63, 3.8) is 0 Å². The zero-order valence-corrected chi connectivity index (χ0v) is 10.7. The Bertz CT molecular complexity index is 320. The second-order valence-corrected chi connectivity index (χ2v) is 5.13. The number of rotatable bonds is 4. The third kappa shape index (κ3) is 2.99. The highest BCUT2D eigenvalue weighted by Crippen LogP contribution is 2.28. The summed E-state index contributed by atoms with van der Waals surface area (Å²) in [5.74, 6) is 0.717. The summed E-state index contributed by atoms with van der Waals surface area (Å²) in [4.78, 5) is 2.59. The smallest absolute Gasteiger partial charge is 0.0406 e. The summed E-state index contributed by atoms with van der Waals surface area (Å²) in [6, 6.07) is 8.36. The zero-order valence-electron chi connectivity index (χ0n) is 9.95. The minimum atomic E-state index is 0.717. The molecule has 16 heavy (non-hydrogen) atoms. The molecule has 1 fully saturated rings. The normalized spacial score (nSPS) is 21.5. The number of nitrogens with zero attached hydrogens (tertiary/aromatic N) is 1. The fourth-order valence-corrected chi connectivity index (χ4v) is 2.55. The van der Waals surface area contributed by atoms with Crippen molar-refractivity contribution in [2.75, 3.05) is 19.6 Å². The first-order valence-electron chi connectivity index (χ1n) is 6.27. The standard InChI is InChI=1S/C14H20ClN/c1-2-3-9-16-10-8-13(11-16)12-4-6-14(15)7-5-12/h4-7,13H,2-3,8-11H2,1H3. The number of halogens is 1. The molecule has 0 saturated carbocycles. The molecule has 0 amide bonds. The lowest BCUT2D eigenvalue weighted by Crippen LogP contribution is -2.21. The highest BCUT2D eigenvalue weighted by atomic mass is 35.5. The number of likely N-dealkylation sites (tertiary alicyclic amines) is 1. The fraction of sp³-hybridized carbons (Fsp3) is 0.571. The molecule has 1 saturated heterocycles. The number of benzene rings is 1. The summed E-state index contributed by atoms with van der Waals surface area (Å²) in [6.45, 7) is 6.00. The maximum Gasteiger partial charge on any atom is 0.0406 e. The molecule has 1 heterocycles. The molecule has 2 rings (SSSR count). The van der Waals surface area contributed by atoms with Crippen LogP contribution in [0.2, 0.25) is 5.02 Å². The predicted molar refractivity (Wildman–Crippen MR) is 70.2 cm³/mol. The molecule has 0 radical (unpaired) electrons. The lowest BCUT2D eigenvalue weighted by molar-refractivity contribution is 0.328. The summed E-state index contributed by atoms with van der Waals surface area (Å²) in [5.41, 5.74) is 1.45. The first-order chi connectivity index (χ1) is 7.79. The Hall–Kier alpha value is -0.530. The van der Waals surface area contributed by atoms with Crippen molar-refractivity contribution in [2.45, 2.75) is 32.1 Å². The van der Waals surface area contributed by atoms with E-state index >= 15 is 0 Å². The predicted octanol–water partition coefficient (Wildman–Crippen LogP) is 3.93. The van der Waals surface area contributed by atoms with E-state index in [2.05, 4.69) is 24.0 Å². The highest BCUT2D eigenvalue weighted by molar-refractivity contribution is 6.30. The molecule has 0 bridgehead atoms. The van der Waals surface area contributed by atoms with Gasteiger partial charge in [0.15, 0.2) is 0 Å². The molecule has 0 spiro atoms. The Kier molecular flexibility index (Phi) is 4.25. The van der Waals surface area contributed by atoms with Gasteiger partial charge in [0, 0.05) is 11.6 Å². The maximum atomic E-state index is 5.91. The van der Waals surface area contributed by atoms with Crippen LogP contribution in [0.1, 0.15) is 37.7 Å². The van der Waals surface area contributed by atoms with Crippen LogP contribution >= 0.6 is 11.6 Å². The lowest BCUT2D eigenvalue weighted by Gasteiger charge is -2.15. The average Bonchev–Trinajstić information content (AvgIpc) is 2.76. The quantitative estimate of drug-likeness (QED) is 0.767. The monoisotopic (exact) mass is 237 g/mol. The van der Waals surface area contributed by atoms with Gasteiger partial charge in [0.2, 0.25) is 0 Å². The van der Waals surface area contributed by atoms with Crippen LogP contribution in [0.3, 0.4) is 0 Å². The molecule has 1 unspecified atom stereocenters. The molecule has 1 nitrogen and oxygen atoms in total. The molecular weight excluding hydrogens is 218 g/mol. The van der Waals surface area contributed by atoms with E-state index in [1.165, 1.54) is 44.5 Å². The van der Waals surface area contributed by atoms with Gasteiger partial charge in [-0.1, -0.05) is 37.1 Å². The van der Waals surface area contributed by atoms with E-state index in [0.29, 0.717) is 5.92 Å². The second-order valence-electron chi connectivity index (χ2n) is 4.69. The van der Waals surface area contributed by atoms with Gasteiger partial charge in [0.05, 0.1) is 0 Å². The van der Waals surface area contributed by atoms with E-state index in [9.17, 15) is 0 Å². The summed E-state index contributed by atoms with van der Waals surface area (Å²) in [5, 5.41) is 0.838. The molecule has 1 aliphatic heterocycles. The van der Waals surface area contributed by atoms with Gasteiger partial charge < -0.3 is 4.90 Å². The van der Waals surface area contributed by atoms with Crippen molar-refractivity contribution in [1.29, 1.82) is 0 Å². The van der Waals surface area contributed by atoms with Gasteiger partial charge in [-0.2, -0.15) is 0 Å². The Morgan fingerprint density at radius 1 is 1.31 bits per heavy atom. The van der Waals surface area contributed by atoms with Crippen molar-refractivity contribution in [3.05, 3.63) is 34.9 Å². The Labute approximate surface area is 103 Å². The second kappa shape index (κ2) is 5.70. The first kappa shape index (κ1) is 11.9. The summed E-state index contributed by atoms with van der Waals surface area (Å²) < 4.78 is 0. The number of hydrogen-bond donors (Lipinski definition) is 0. The van der Waals surface area contributed by atoms with Gasteiger partial charge >= 0.3 is 0 Å². The Morgan fingerprint density at radius 2 is 2.06 bits per heavy atom. The highest BCUT2D eigenvalue weighted by Gasteiger charge is 2.22. The van der Waals surface area contributed by atoms with Gasteiger partial charge in [-0.05, 0) is 49.5 Å². The summed E-state index contributed by atoms with van der Waals surface area (Å²) in [6.07, 6.45) is 3.92. The van der Waals surface area contributed by atoms with Crippen LogP contribution in [-0.2, 0) is 0 Å². The van der Waals surface area contributed by atoms with E-state index in [0.717, 1.165) is 5.02 Å². The third-order valence-corrected chi connectivity index (χ3v) is 3.69. The van der Waals surface area contributed by atoms with Crippen LogP contribution in [0, 0.1) is 0 Å². The minimum absolute atomic E-state index is 0.717. The largest absolute Gasteiger partial charge is 0.303 e. The van der Waals surface area contributed by atoms with Gasteiger partial charge in [-0.15, -0.1) is 0 Å². The van der Waals surface area contributed by atoms with Crippen LogP contribution in [0.4, 0.5) is 0 Å². The van der Waals surface area contributed by atoms with Crippen molar-refractivity contribution in [3.8, 4) is 0 Å². The van der Waals surface area contributed by atoms with Gasteiger partial charge in [-0.3, -0.25) is 0 Å². The summed E-state index contributed by atoms with van der Waals surface area (Å²) >= 11 is 5.91. The van der Waals surface area contributed by atoms with Crippen LogP contribution in [0.25, 0.3) is 0 Å². The van der Waals surface area contributed by atoms with E-state index in [-0.39, 0.29) is 0 Å². The fourth-order valence-electron chi connectivity index (χ4n) is 2.42. The molecule has 0 N–H and O–H groups in total. The molecule has 1 aliphatic rings. The van der Waals surface area contributed by atoms with Crippen molar-refractivity contribution in [1.82, 2.24) is 4.90 Å². The molecule has 1 atom stereocenters. The first-order valence-corrected chi connectivity index (χ1v) is 6.65. The van der Waals surface area contributed by atoms with E-state index in [1.807, 2.05) is 12.1 Å².